The van der Waals surface area contributed by atoms with Crippen LogP contribution in [0.1, 0.15) is 18.9 Å². The molecule has 2 unspecified atom stereocenters. The molecule has 2 rings (SSSR count). The summed E-state index contributed by atoms with van der Waals surface area (Å²) in [5, 5.41) is 12.3. The fourth-order valence-electron chi connectivity index (χ4n) is 3.03. The largest absolute Gasteiger partial charge is 0.481 e. The zero-order chi connectivity index (χ0) is 17.4. The summed E-state index contributed by atoms with van der Waals surface area (Å²) in [7, 11) is 0. The highest BCUT2D eigenvalue weighted by atomic mass is 16.5. The number of aliphatic carboxylic acids is 1. The van der Waals surface area contributed by atoms with Crippen molar-refractivity contribution in [2.75, 3.05) is 32.8 Å². The minimum absolute atomic E-state index is 0.172. The zero-order valence-electron chi connectivity index (χ0n) is 14.1. The second-order valence-corrected chi connectivity index (χ2v) is 6.07. The van der Waals surface area contributed by atoms with Crippen molar-refractivity contribution in [2.45, 2.75) is 19.9 Å². The van der Waals surface area contributed by atoms with E-state index in [9.17, 15) is 14.7 Å². The van der Waals surface area contributed by atoms with E-state index < -0.39 is 17.8 Å². The average molecular weight is 334 g/mol. The number of ether oxygens (including phenoxy) is 1. The summed E-state index contributed by atoms with van der Waals surface area (Å²) in [6.45, 7) is 5.25. The van der Waals surface area contributed by atoms with Gasteiger partial charge in [0, 0.05) is 39.4 Å². The molecule has 0 aromatic heterocycles. The topological polar surface area (TPSA) is 78.9 Å². The van der Waals surface area contributed by atoms with Gasteiger partial charge < -0.3 is 15.2 Å². The molecule has 1 aromatic carbocycles. The molecule has 24 heavy (non-hydrogen) atoms. The summed E-state index contributed by atoms with van der Waals surface area (Å²) in [6, 6.07) is 9.89. The number of nitrogens with one attached hydrogen (secondary N) is 1. The lowest BCUT2D eigenvalue weighted by atomic mass is 9.95. The van der Waals surface area contributed by atoms with Gasteiger partial charge in [-0.2, -0.15) is 0 Å². The van der Waals surface area contributed by atoms with E-state index in [0.29, 0.717) is 39.4 Å². The third kappa shape index (κ3) is 5.32. The normalized spacial score (nSPS) is 20.9. The molecule has 6 heteroatoms. The van der Waals surface area contributed by atoms with Crippen LogP contribution in [0.5, 0.6) is 0 Å². The monoisotopic (exact) mass is 334 g/mol. The molecule has 0 radical (unpaired) electrons. The molecule has 6 nitrogen and oxygen atoms in total. The molecule has 0 aliphatic carbocycles. The van der Waals surface area contributed by atoms with Gasteiger partial charge in [-0.15, -0.1) is 0 Å². The Balaban J connectivity index is 1.87. The van der Waals surface area contributed by atoms with E-state index >= 15 is 0 Å². The van der Waals surface area contributed by atoms with Gasteiger partial charge in [0.1, 0.15) is 0 Å². The van der Waals surface area contributed by atoms with E-state index in [2.05, 4.69) is 5.32 Å². The summed E-state index contributed by atoms with van der Waals surface area (Å²) < 4.78 is 5.23. The SMILES string of the molecule is CCOCCCNC(=O)C1CN(Cc2ccccc2)CC1C(=O)O. The predicted octanol–water partition coefficient (Wildman–Crippen LogP) is 1.36. The van der Waals surface area contributed by atoms with E-state index in [1.807, 2.05) is 42.2 Å². The summed E-state index contributed by atoms with van der Waals surface area (Å²) >= 11 is 0. The van der Waals surface area contributed by atoms with Crippen molar-refractivity contribution in [1.29, 1.82) is 0 Å². The first-order chi connectivity index (χ1) is 11.6. The minimum atomic E-state index is -0.903. The van der Waals surface area contributed by atoms with Gasteiger partial charge in [-0.05, 0) is 18.9 Å². The second kappa shape index (κ2) is 9.39. The Kier molecular flexibility index (Phi) is 7.21. The van der Waals surface area contributed by atoms with Crippen LogP contribution < -0.4 is 5.32 Å². The van der Waals surface area contributed by atoms with Gasteiger partial charge in [0.05, 0.1) is 11.8 Å². The highest BCUT2D eigenvalue weighted by molar-refractivity contribution is 5.85. The molecule has 2 N–H and O–H groups in total. The molecule has 132 valence electrons. The van der Waals surface area contributed by atoms with E-state index in [-0.39, 0.29) is 5.91 Å². The molecular formula is C18H26N2O4. The molecule has 2 atom stereocenters. The van der Waals surface area contributed by atoms with Crippen LogP contribution in [0.3, 0.4) is 0 Å². The number of rotatable bonds is 9. The number of nitrogens with zero attached hydrogens (tertiary/aromatic N) is 1. The maximum atomic E-state index is 12.3. The first-order valence-electron chi connectivity index (χ1n) is 8.46. The number of carbonyl (C=O) groups is 2. The summed E-state index contributed by atoms with van der Waals surface area (Å²) in [5.74, 6) is -2.23. The van der Waals surface area contributed by atoms with Crippen LogP contribution in [-0.4, -0.2) is 54.7 Å². The highest BCUT2D eigenvalue weighted by Crippen LogP contribution is 2.25. The van der Waals surface area contributed by atoms with Crippen LogP contribution in [0.2, 0.25) is 0 Å². The number of benzene rings is 1. The van der Waals surface area contributed by atoms with Crippen molar-refractivity contribution >= 4 is 11.9 Å². The van der Waals surface area contributed by atoms with Crippen LogP contribution in [0, 0.1) is 11.8 Å². The van der Waals surface area contributed by atoms with Gasteiger partial charge in [-0.3, -0.25) is 14.5 Å². The predicted molar refractivity (Wildman–Crippen MR) is 90.5 cm³/mol. The Hall–Kier alpha value is -1.92. The van der Waals surface area contributed by atoms with Crippen LogP contribution in [0.25, 0.3) is 0 Å². The van der Waals surface area contributed by atoms with Crippen LogP contribution in [-0.2, 0) is 20.9 Å². The third-order valence-corrected chi connectivity index (χ3v) is 4.27. The van der Waals surface area contributed by atoms with Gasteiger partial charge in [-0.1, -0.05) is 30.3 Å². The Morgan fingerprint density at radius 1 is 1.25 bits per heavy atom. The zero-order valence-corrected chi connectivity index (χ0v) is 14.1. The lowest BCUT2D eigenvalue weighted by Crippen LogP contribution is -2.38. The number of likely N-dealkylation sites (tertiary alicyclic amines) is 1. The first kappa shape index (κ1) is 18.4. The van der Waals surface area contributed by atoms with Gasteiger partial charge in [0.2, 0.25) is 5.91 Å². The van der Waals surface area contributed by atoms with Crippen LogP contribution in [0.4, 0.5) is 0 Å². The van der Waals surface area contributed by atoms with Crippen molar-refractivity contribution in [3.05, 3.63) is 35.9 Å². The van der Waals surface area contributed by atoms with Crippen LogP contribution in [0.15, 0.2) is 30.3 Å². The Morgan fingerprint density at radius 3 is 2.62 bits per heavy atom. The Bertz CT molecular complexity index is 535. The molecule has 1 aromatic rings. The van der Waals surface area contributed by atoms with E-state index in [4.69, 9.17) is 4.74 Å². The van der Waals surface area contributed by atoms with Crippen molar-refractivity contribution in [1.82, 2.24) is 10.2 Å². The molecule has 1 heterocycles. The molecule has 1 fully saturated rings. The quantitative estimate of drug-likeness (QED) is 0.667. The van der Waals surface area contributed by atoms with Gasteiger partial charge in [0.15, 0.2) is 0 Å². The summed E-state index contributed by atoms with van der Waals surface area (Å²) in [6.07, 6.45) is 0.734. The van der Waals surface area contributed by atoms with Gasteiger partial charge in [-0.25, -0.2) is 0 Å². The molecule has 0 bridgehead atoms. The van der Waals surface area contributed by atoms with Crippen molar-refractivity contribution in [3.8, 4) is 0 Å². The molecule has 0 saturated carbocycles. The number of carbonyl (C=O) groups excluding carboxylic acids is 1. The number of hydrogen-bond acceptors (Lipinski definition) is 4. The fourth-order valence-corrected chi connectivity index (χ4v) is 3.03. The number of amides is 1. The Labute approximate surface area is 142 Å². The van der Waals surface area contributed by atoms with Gasteiger partial charge >= 0.3 is 5.97 Å². The standard InChI is InChI=1S/C18H26N2O4/c1-2-24-10-6-9-19-17(21)15-12-20(13-16(15)18(22)23)11-14-7-4-3-5-8-14/h3-5,7-8,15-16H,2,6,9-13H2,1H3,(H,19,21)(H,22,23). The summed E-state index contributed by atoms with van der Waals surface area (Å²) in [5.41, 5.74) is 1.12. The lowest BCUT2D eigenvalue weighted by molar-refractivity contribution is -0.145. The van der Waals surface area contributed by atoms with E-state index in [1.54, 1.807) is 0 Å². The van der Waals surface area contributed by atoms with Crippen molar-refractivity contribution < 1.29 is 19.4 Å². The smallest absolute Gasteiger partial charge is 0.308 e. The number of hydrogen-bond donors (Lipinski definition) is 2. The first-order valence-corrected chi connectivity index (χ1v) is 8.46. The number of carboxylic acid groups (broad SMARTS) is 1. The molecule has 1 saturated heterocycles. The average Bonchev–Trinajstić information content (AvgIpc) is 2.99. The minimum Gasteiger partial charge on any atom is -0.481 e. The van der Waals surface area contributed by atoms with Crippen LogP contribution >= 0.6 is 0 Å². The molecule has 0 spiro atoms. The van der Waals surface area contributed by atoms with Gasteiger partial charge in [0.25, 0.3) is 0 Å². The van der Waals surface area contributed by atoms with E-state index in [1.165, 1.54) is 0 Å². The lowest BCUT2D eigenvalue weighted by Gasteiger charge is -2.16. The molecular weight excluding hydrogens is 308 g/mol. The summed E-state index contributed by atoms with van der Waals surface area (Å²) in [4.78, 5) is 25.9. The molecule has 1 amide bonds. The molecule has 1 aliphatic rings. The highest BCUT2D eigenvalue weighted by Gasteiger charge is 2.41. The third-order valence-electron chi connectivity index (χ3n) is 4.27. The Morgan fingerprint density at radius 2 is 1.96 bits per heavy atom. The second-order valence-electron chi connectivity index (χ2n) is 6.07. The van der Waals surface area contributed by atoms with Crippen molar-refractivity contribution in [3.63, 3.8) is 0 Å². The number of carboxylic acids is 1. The molecule has 1 aliphatic heterocycles. The van der Waals surface area contributed by atoms with E-state index in [0.717, 1.165) is 12.0 Å². The fraction of sp³-hybridized carbons (Fsp3) is 0.556. The maximum Gasteiger partial charge on any atom is 0.308 e. The van der Waals surface area contributed by atoms with Crippen molar-refractivity contribution in [2.24, 2.45) is 11.8 Å². The maximum absolute atomic E-state index is 12.3.